The lowest BCUT2D eigenvalue weighted by atomic mass is 10.0. The molecule has 104 valence electrons. The lowest BCUT2D eigenvalue weighted by molar-refractivity contribution is 0.0694. The second-order valence-corrected chi connectivity index (χ2v) is 4.90. The number of hydrogen-bond donors (Lipinski definition) is 1. The second-order valence-electron chi connectivity index (χ2n) is 4.90. The maximum atomic E-state index is 11.2. The monoisotopic (exact) mass is 270 g/mol. The number of carboxylic acids is 1. The second kappa shape index (κ2) is 5.78. The van der Waals surface area contributed by atoms with Crippen LogP contribution in [0.1, 0.15) is 32.6 Å². The molecule has 0 aliphatic heterocycles. The first-order chi connectivity index (χ1) is 9.50. The van der Waals surface area contributed by atoms with Crippen molar-refractivity contribution < 1.29 is 14.6 Å². The van der Waals surface area contributed by atoms with E-state index in [0.717, 1.165) is 22.4 Å². The standard InChI is InChI=1S/C17H18O3/c1-11-8-9-12(2)16(13(11)3)20-10-14-6-4-5-7-15(14)17(18)19/h4-9H,10H2,1-3H3,(H,18,19). The van der Waals surface area contributed by atoms with E-state index in [2.05, 4.69) is 6.07 Å². The first kappa shape index (κ1) is 14.1. The zero-order valence-corrected chi connectivity index (χ0v) is 11.9. The third kappa shape index (κ3) is 2.82. The van der Waals surface area contributed by atoms with E-state index >= 15 is 0 Å². The van der Waals surface area contributed by atoms with Crippen molar-refractivity contribution in [3.8, 4) is 5.75 Å². The third-order valence-electron chi connectivity index (χ3n) is 3.49. The van der Waals surface area contributed by atoms with Crippen LogP contribution in [0.3, 0.4) is 0 Å². The Morgan fingerprint density at radius 1 is 1.05 bits per heavy atom. The Bertz CT molecular complexity index is 645. The van der Waals surface area contributed by atoms with Crippen LogP contribution < -0.4 is 4.74 Å². The number of carbonyl (C=O) groups is 1. The summed E-state index contributed by atoms with van der Waals surface area (Å²) < 4.78 is 5.86. The fraction of sp³-hybridized carbons (Fsp3) is 0.235. The molecule has 0 radical (unpaired) electrons. The smallest absolute Gasteiger partial charge is 0.336 e. The molecule has 3 heteroatoms. The molecule has 0 aliphatic rings. The Hall–Kier alpha value is -2.29. The van der Waals surface area contributed by atoms with Gasteiger partial charge in [0, 0.05) is 5.56 Å². The fourth-order valence-electron chi connectivity index (χ4n) is 2.15. The van der Waals surface area contributed by atoms with Gasteiger partial charge in [-0.05, 0) is 43.5 Å². The van der Waals surface area contributed by atoms with Crippen molar-refractivity contribution in [2.45, 2.75) is 27.4 Å². The van der Waals surface area contributed by atoms with Crippen molar-refractivity contribution in [2.24, 2.45) is 0 Å². The van der Waals surface area contributed by atoms with Crippen LogP contribution in [0.5, 0.6) is 5.75 Å². The van der Waals surface area contributed by atoms with E-state index < -0.39 is 5.97 Å². The van der Waals surface area contributed by atoms with Gasteiger partial charge in [0.05, 0.1) is 5.56 Å². The maximum absolute atomic E-state index is 11.2. The molecule has 3 nitrogen and oxygen atoms in total. The van der Waals surface area contributed by atoms with Gasteiger partial charge in [-0.15, -0.1) is 0 Å². The summed E-state index contributed by atoms with van der Waals surface area (Å²) in [4.78, 5) is 11.2. The van der Waals surface area contributed by atoms with E-state index in [1.54, 1.807) is 18.2 Å². The van der Waals surface area contributed by atoms with Crippen LogP contribution in [-0.2, 0) is 6.61 Å². The van der Waals surface area contributed by atoms with Crippen molar-refractivity contribution in [3.63, 3.8) is 0 Å². The zero-order chi connectivity index (χ0) is 14.7. The van der Waals surface area contributed by atoms with Crippen LogP contribution in [0, 0.1) is 20.8 Å². The van der Waals surface area contributed by atoms with E-state index in [9.17, 15) is 4.79 Å². The molecule has 2 aromatic carbocycles. The highest BCUT2D eigenvalue weighted by Gasteiger charge is 2.11. The summed E-state index contributed by atoms with van der Waals surface area (Å²) in [5.41, 5.74) is 4.28. The van der Waals surface area contributed by atoms with Crippen molar-refractivity contribution in [1.29, 1.82) is 0 Å². The lowest BCUT2D eigenvalue weighted by Gasteiger charge is -2.14. The van der Waals surface area contributed by atoms with E-state index in [0.29, 0.717) is 5.56 Å². The zero-order valence-electron chi connectivity index (χ0n) is 11.9. The normalized spacial score (nSPS) is 10.3. The predicted molar refractivity (Wildman–Crippen MR) is 78.4 cm³/mol. The average Bonchev–Trinajstić information content (AvgIpc) is 2.43. The van der Waals surface area contributed by atoms with Crippen LogP contribution in [-0.4, -0.2) is 11.1 Å². The SMILES string of the molecule is Cc1ccc(C)c(OCc2ccccc2C(=O)O)c1C. The molecule has 2 aromatic rings. The summed E-state index contributed by atoms with van der Waals surface area (Å²) in [5.74, 6) is -0.0907. The summed E-state index contributed by atoms with van der Waals surface area (Å²) in [6.07, 6.45) is 0. The number of hydrogen-bond acceptors (Lipinski definition) is 2. The van der Waals surface area contributed by atoms with Gasteiger partial charge in [0.15, 0.2) is 0 Å². The summed E-state index contributed by atoms with van der Waals surface area (Å²) >= 11 is 0. The number of aromatic carboxylic acids is 1. The summed E-state index contributed by atoms with van der Waals surface area (Å²) in [6.45, 7) is 6.30. The Morgan fingerprint density at radius 3 is 2.40 bits per heavy atom. The number of benzene rings is 2. The number of aryl methyl sites for hydroxylation is 2. The molecule has 0 saturated carbocycles. The third-order valence-corrected chi connectivity index (χ3v) is 3.49. The molecule has 0 aromatic heterocycles. The van der Waals surface area contributed by atoms with E-state index in [4.69, 9.17) is 9.84 Å². The highest BCUT2D eigenvalue weighted by Crippen LogP contribution is 2.26. The number of rotatable bonds is 4. The largest absolute Gasteiger partial charge is 0.488 e. The number of carboxylic acid groups (broad SMARTS) is 1. The quantitative estimate of drug-likeness (QED) is 0.916. The minimum atomic E-state index is -0.929. The Morgan fingerprint density at radius 2 is 1.70 bits per heavy atom. The molecular formula is C17H18O3. The van der Waals surface area contributed by atoms with Crippen LogP contribution >= 0.6 is 0 Å². The van der Waals surface area contributed by atoms with Crippen molar-refractivity contribution in [1.82, 2.24) is 0 Å². The van der Waals surface area contributed by atoms with E-state index in [-0.39, 0.29) is 12.2 Å². The van der Waals surface area contributed by atoms with Crippen molar-refractivity contribution in [3.05, 3.63) is 64.2 Å². The molecule has 2 rings (SSSR count). The van der Waals surface area contributed by atoms with Crippen LogP contribution in [0.2, 0.25) is 0 Å². The van der Waals surface area contributed by atoms with E-state index in [1.165, 1.54) is 0 Å². The molecular weight excluding hydrogens is 252 g/mol. The average molecular weight is 270 g/mol. The lowest BCUT2D eigenvalue weighted by Crippen LogP contribution is -2.06. The molecule has 20 heavy (non-hydrogen) atoms. The molecule has 0 saturated heterocycles. The van der Waals surface area contributed by atoms with Gasteiger partial charge >= 0.3 is 5.97 Å². The first-order valence-electron chi connectivity index (χ1n) is 6.51. The molecule has 0 atom stereocenters. The minimum Gasteiger partial charge on any atom is -0.488 e. The van der Waals surface area contributed by atoms with Crippen LogP contribution in [0.4, 0.5) is 0 Å². The molecule has 0 fully saturated rings. The molecule has 1 N–H and O–H groups in total. The summed E-state index contributed by atoms with van der Waals surface area (Å²) in [6, 6.07) is 11.0. The molecule has 0 amide bonds. The van der Waals surface area contributed by atoms with E-state index in [1.807, 2.05) is 32.9 Å². The molecule has 0 aliphatic carbocycles. The van der Waals surface area contributed by atoms with Gasteiger partial charge in [0.2, 0.25) is 0 Å². The van der Waals surface area contributed by atoms with Gasteiger partial charge in [0.1, 0.15) is 12.4 Å². The summed E-state index contributed by atoms with van der Waals surface area (Å²) in [5, 5.41) is 9.16. The van der Waals surface area contributed by atoms with Crippen LogP contribution in [0.25, 0.3) is 0 Å². The van der Waals surface area contributed by atoms with Gasteiger partial charge in [-0.1, -0.05) is 30.3 Å². The predicted octanol–water partition coefficient (Wildman–Crippen LogP) is 3.89. The molecule has 0 unspecified atom stereocenters. The van der Waals surface area contributed by atoms with Gasteiger partial charge < -0.3 is 9.84 Å². The van der Waals surface area contributed by atoms with Gasteiger partial charge in [-0.3, -0.25) is 0 Å². The van der Waals surface area contributed by atoms with Crippen molar-refractivity contribution in [2.75, 3.05) is 0 Å². The van der Waals surface area contributed by atoms with Gasteiger partial charge in [-0.2, -0.15) is 0 Å². The molecule has 0 bridgehead atoms. The fourth-order valence-corrected chi connectivity index (χ4v) is 2.15. The van der Waals surface area contributed by atoms with Crippen LogP contribution in [0.15, 0.2) is 36.4 Å². The summed E-state index contributed by atoms with van der Waals surface area (Å²) in [7, 11) is 0. The Balaban J connectivity index is 2.26. The Kier molecular flexibility index (Phi) is 4.08. The minimum absolute atomic E-state index is 0.258. The highest BCUT2D eigenvalue weighted by molar-refractivity contribution is 5.89. The van der Waals surface area contributed by atoms with Gasteiger partial charge in [-0.25, -0.2) is 4.79 Å². The number of ether oxygens (including phenoxy) is 1. The first-order valence-corrected chi connectivity index (χ1v) is 6.51. The highest BCUT2D eigenvalue weighted by atomic mass is 16.5. The topological polar surface area (TPSA) is 46.5 Å². The van der Waals surface area contributed by atoms with Crippen molar-refractivity contribution >= 4 is 5.97 Å². The molecule has 0 spiro atoms. The maximum Gasteiger partial charge on any atom is 0.336 e. The molecule has 0 heterocycles. The van der Waals surface area contributed by atoms with Gasteiger partial charge in [0.25, 0.3) is 0 Å². The Labute approximate surface area is 118 Å².